The molecule has 6 heteroatoms. The van der Waals surface area contributed by atoms with E-state index >= 15 is 0 Å². The fourth-order valence-corrected chi connectivity index (χ4v) is 1.71. The van der Waals surface area contributed by atoms with E-state index in [1.54, 1.807) is 30.5 Å². The molecule has 2 rings (SSSR count). The first-order chi connectivity index (χ1) is 8.49. The lowest BCUT2D eigenvalue weighted by Crippen LogP contribution is -2.48. The fourth-order valence-electron chi connectivity index (χ4n) is 1.71. The van der Waals surface area contributed by atoms with E-state index in [2.05, 4.69) is 10.1 Å². The van der Waals surface area contributed by atoms with Crippen molar-refractivity contribution in [3.05, 3.63) is 53.9 Å². The maximum atomic E-state index is 12.0. The minimum atomic E-state index is -2.84. The Morgan fingerprint density at radius 2 is 1.89 bits per heavy atom. The summed E-state index contributed by atoms with van der Waals surface area (Å²) in [5, 5.41) is 2.95. The second-order valence-electron chi connectivity index (χ2n) is 3.89. The van der Waals surface area contributed by atoms with Crippen molar-refractivity contribution in [3.63, 3.8) is 0 Å². The van der Waals surface area contributed by atoms with E-state index in [0.717, 1.165) is 0 Å². The zero-order valence-corrected chi connectivity index (χ0v) is 9.44. The molecule has 0 aliphatic carbocycles. The number of hydrogen-bond donors (Lipinski definition) is 3. The topological polar surface area (TPSA) is 73.3 Å². The van der Waals surface area contributed by atoms with Crippen LogP contribution < -0.4 is 21.5 Å². The van der Waals surface area contributed by atoms with Crippen LogP contribution in [-0.4, -0.2) is 6.61 Å². The van der Waals surface area contributed by atoms with Crippen molar-refractivity contribution < 1.29 is 13.5 Å². The number of hydrogen-bond acceptors (Lipinski definition) is 4. The molecule has 5 N–H and O–H groups in total. The summed E-state index contributed by atoms with van der Waals surface area (Å²) < 4.78 is 28.3. The molecule has 0 spiro atoms. The summed E-state index contributed by atoms with van der Waals surface area (Å²) in [5.41, 5.74) is 12.1. The number of halogens is 2. The third-order valence-electron chi connectivity index (χ3n) is 2.55. The Morgan fingerprint density at radius 1 is 1.22 bits per heavy atom. The van der Waals surface area contributed by atoms with Gasteiger partial charge in [-0.3, -0.25) is 0 Å². The highest BCUT2D eigenvalue weighted by Crippen LogP contribution is 2.23. The molecule has 1 atom stereocenters. The van der Waals surface area contributed by atoms with Gasteiger partial charge in [0.2, 0.25) is 0 Å². The van der Waals surface area contributed by atoms with Crippen LogP contribution in [0.2, 0.25) is 0 Å². The maximum Gasteiger partial charge on any atom is 0.387 e. The standard InChI is InChI=1S/C12H13F2N3O/c13-11(14)18-10-3-1-8(2-4-10)12(16)7-9(15)5-6-17-12/h1-7,11,17H,15-16H2. The van der Waals surface area contributed by atoms with E-state index in [9.17, 15) is 8.78 Å². The van der Waals surface area contributed by atoms with Crippen molar-refractivity contribution in [1.82, 2.24) is 5.32 Å². The van der Waals surface area contributed by atoms with Gasteiger partial charge in [-0.1, -0.05) is 12.1 Å². The first kappa shape index (κ1) is 12.4. The molecule has 1 heterocycles. The molecule has 1 aromatic carbocycles. The predicted octanol–water partition coefficient (Wildman–Crippen LogP) is 1.36. The van der Waals surface area contributed by atoms with Crippen LogP contribution >= 0.6 is 0 Å². The molecule has 1 aliphatic heterocycles. The largest absolute Gasteiger partial charge is 0.435 e. The summed E-state index contributed by atoms with van der Waals surface area (Å²) in [6.07, 6.45) is 4.97. The fraction of sp³-hybridized carbons (Fsp3) is 0.167. The van der Waals surface area contributed by atoms with E-state index in [1.807, 2.05) is 0 Å². The number of benzene rings is 1. The van der Waals surface area contributed by atoms with Crippen LogP contribution in [0.5, 0.6) is 5.75 Å². The smallest absolute Gasteiger partial charge is 0.387 e. The number of ether oxygens (including phenoxy) is 1. The van der Waals surface area contributed by atoms with Crippen molar-refractivity contribution >= 4 is 0 Å². The summed E-state index contributed by atoms with van der Waals surface area (Å²) in [6.45, 7) is -2.84. The quantitative estimate of drug-likeness (QED) is 0.760. The van der Waals surface area contributed by atoms with Gasteiger partial charge in [-0.2, -0.15) is 8.78 Å². The van der Waals surface area contributed by atoms with Crippen LogP contribution in [0, 0.1) is 0 Å². The second-order valence-corrected chi connectivity index (χ2v) is 3.89. The summed E-state index contributed by atoms with van der Waals surface area (Å²) in [4.78, 5) is 0. The molecule has 0 aromatic heterocycles. The second kappa shape index (κ2) is 4.66. The molecule has 0 bridgehead atoms. The highest BCUT2D eigenvalue weighted by molar-refractivity contribution is 5.38. The average Bonchev–Trinajstić information content (AvgIpc) is 2.28. The highest BCUT2D eigenvalue weighted by Gasteiger charge is 2.25. The Kier molecular flexibility index (Phi) is 3.20. The molecule has 96 valence electrons. The third-order valence-corrected chi connectivity index (χ3v) is 2.55. The van der Waals surface area contributed by atoms with Crippen LogP contribution in [0.1, 0.15) is 5.56 Å². The van der Waals surface area contributed by atoms with Crippen molar-refractivity contribution in [3.8, 4) is 5.75 Å². The van der Waals surface area contributed by atoms with Gasteiger partial charge in [0.05, 0.1) is 0 Å². The van der Waals surface area contributed by atoms with Crippen LogP contribution in [0.3, 0.4) is 0 Å². The van der Waals surface area contributed by atoms with Gasteiger partial charge in [0.15, 0.2) is 0 Å². The summed E-state index contributed by atoms with van der Waals surface area (Å²) in [6, 6.07) is 6.07. The van der Waals surface area contributed by atoms with Crippen molar-refractivity contribution in [2.45, 2.75) is 12.3 Å². The highest BCUT2D eigenvalue weighted by atomic mass is 19.3. The maximum absolute atomic E-state index is 12.0. The van der Waals surface area contributed by atoms with Gasteiger partial charge in [0.1, 0.15) is 11.4 Å². The molecule has 0 amide bonds. The number of nitrogens with one attached hydrogen (secondary N) is 1. The molecular weight excluding hydrogens is 240 g/mol. The van der Waals surface area contributed by atoms with Gasteiger partial charge < -0.3 is 21.5 Å². The van der Waals surface area contributed by atoms with Gasteiger partial charge in [0, 0.05) is 11.9 Å². The van der Waals surface area contributed by atoms with Crippen molar-refractivity contribution in [2.75, 3.05) is 0 Å². The first-order valence-corrected chi connectivity index (χ1v) is 5.26. The molecule has 0 saturated carbocycles. The Balaban J connectivity index is 2.22. The molecule has 1 aliphatic rings. The van der Waals surface area contributed by atoms with Crippen LogP contribution in [0.25, 0.3) is 0 Å². The van der Waals surface area contributed by atoms with Gasteiger partial charge in [-0.25, -0.2) is 0 Å². The van der Waals surface area contributed by atoms with E-state index < -0.39 is 12.3 Å². The Morgan fingerprint density at radius 3 is 2.44 bits per heavy atom. The zero-order valence-electron chi connectivity index (χ0n) is 9.44. The molecule has 1 unspecified atom stereocenters. The van der Waals surface area contributed by atoms with Gasteiger partial charge in [0.25, 0.3) is 0 Å². The van der Waals surface area contributed by atoms with Gasteiger partial charge in [-0.05, 0) is 29.8 Å². The summed E-state index contributed by atoms with van der Waals surface area (Å²) in [7, 11) is 0. The minimum absolute atomic E-state index is 0.0839. The zero-order chi connectivity index (χ0) is 13.2. The lowest BCUT2D eigenvalue weighted by Gasteiger charge is -2.30. The van der Waals surface area contributed by atoms with Crippen LogP contribution in [-0.2, 0) is 5.66 Å². The Labute approximate surface area is 103 Å². The normalized spacial score (nSPS) is 22.6. The molecule has 1 aromatic rings. The first-order valence-electron chi connectivity index (χ1n) is 5.26. The van der Waals surface area contributed by atoms with Gasteiger partial charge in [-0.15, -0.1) is 0 Å². The SMILES string of the molecule is NC1=CC(N)(c2ccc(OC(F)F)cc2)NC=C1. The Bertz CT molecular complexity index is 485. The monoisotopic (exact) mass is 253 g/mol. The number of alkyl halides is 2. The van der Waals surface area contributed by atoms with E-state index in [0.29, 0.717) is 11.3 Å². The third kappa shape index (κ3) is 2.60. The molecule has 0 radical (unpaired) electrons. The molecule has 18 heavy (non-hydrogen) atoms. The van der Waals surface area contributed by atoms with E-state index in [-0.39, 0.29) is 5.75 Å². The number of allylic oxidation sites excluding steroid dienone is 1. The van der Waals surface area contributed by atoms with Crippen molar-refractivity contribution in [2.24, 2.45) is 11.5 Å². The number of dihydropyridines is 1. The number of nitrogens with two attached hydrogens (primary N) is 2. The number of rotatable bonds is 3. The lowest BCUT2D eigenvalue weighted by atomic mass is 9.97. The van der Waals surface area contributed by atoms with Crippen LogP contribution in [0.15, 0.2) is 48.3 Å². The molecule has 0 fully saturated rings. The minimum Gasteiger partial charge on any atom is -0.435 e. The lowest BCUT2D eigenvalue weighted by molar-refractivity contribution is -0.0498. The molecular formula is C12H13F2N3O. The average molecular weight is 253 g/mol. The van der Waals surface area contributed by atoms with E-state index in [4.69, 9.17) is 11.5 Å². The molecule has 0 saturated heterocycles. The van der Waals surface area contributed by atoms with E-state index in [1.165, 1.54) is 12.1 Å². The predicted molar refractivity (Wildman–Crippen MR) is 63.5 cm³/mol. The summed E-state index contributed by atoms with van der Waals surface area (Å²) in [5.74, 6) is 0.0839. The van der Waals surface area contributed by atoms with Gasteiger partial charge >= 0.3 is 6.61 Å². The molecule has 4 nitrogen and oxygen atoms in total. The summed E-state index contributed by atoms with van der Waals surface area (Å²) >= 11 is 0. The Hall–Kier alpha value is -2.08. The van der Waals surface area contributed by atoms with Crippen LogP contribution in [0.4, 0.5) is 8.78 Å². The van der Waals surface area contributed by atoms with Crippen molar-refractivity contribution in [1.29, 1.82) is 0 Å².